The number of hydrogen-bond donors (Lipinski definition) is 0. The minimum absolute atomic E-state index is 0.114. The third kappa shape index (κ3) is 3.99. The Morgan fingerprint density at radius 3 is 2.47 bits per heavy atom. The SMILES string of the molecule is CO[PH](=O)CC(=O)C1CCC(F)(F)CC1. The standard InChI is InChI=1S/C9H15F2O3P/c1-14-15(13)6-8(12)7-2-4-9(10,11)5-3-7/h7,15H,2-6H2,1H3. The first-order valence-corrected chi connectivity index (χ1v) is 6.44. The van der Waals surface area contributed by atoms with Crippen LogP contribution in [-0.2, 0) is 13.9 Å². The third-order valence-electron chi connectivity index (χ3n) is 2.72. The van der Waals surface area contributed by atoms with Crippen LogP contribution >= 0.6 is 8.03 Å². The zero-order valence-corrected chi connectivity index (χ0v) is 9.59. The van der Waals surface area contributed by atoms with E-state index in [2.05, 4.69) is 4.52 Å². The number of ketones is 1. The van der Waals surface area contributed by atoms with E-state index in [1.165, 1.54) is 7.11 Å². The molecule has 6 heteroatoms. The van der Waals surface area contributed by atoms with Gasteiger partial charge in [0.1, 0.15) is 5.78 Å². The van der Waals surface area contributed by atoms with Gasteiger partial charge < -0.3 is 4.52 Å². The molecule has 0 aromatic carbocycles. The van der Waals surface area contributed by atoms with Crippen molar-refractivity contribution in [3.8, 4) is 0 Å². The smallest absolute Gasteiger partial charge is 0.248 e. The van der Waals surface area contributed by atoms with Gasteiger partial charge in [-0.05, 0) is 12.8 Å². The Kier molecular flexibility index (Phi) is 4.41. The average molecular weight is 240 g/mol. The lowest BCUT2D eigenvalue weighted by molar-refractivity contribution is -0.124. The Morgan fingerprint density at radius 1 is 1.47 bits per heavy atom. The fraction of sp³-hybridized carbons (Fsp3) is 0.889. The van der Waals surface area contributed by atoms with Crippen molar-refractivity contribution in [2.75, 3.05) is 13.3 Å². The predicted molar refractivity (Wildman–Crippen MR) is 52.8 cm³/mol. The third-order valence-corrected chi connectivity index (χ3v) is 3.81. The van der Waals surface area contributed by atoms with Gasteiger partial charge in [0.05, 0.1) is 6.16 Å². The molecular weight excluding hydrogens is 225 g/mol. The Hall–Kier alpha value is -0.280. The molecule has 88 valence electrons. The first-order chi connectivity index (χ1) is 6.94. The maximum atomic E-state index is 12.8. The van der Waals surface area contributed by atoms with Gasteiger partial charge in [0.25, 0.3) is 0 Å². The minimum Gasteiger partial charge on any atom is -0.334 e. The van der Waals surface area contributed by atoms with E-state index >= 15 is 0 Å². The summed E-state index contributed by atoms with van der Waals surface area (Å²) in [6, 6.07) is 0. The van der Waals surface area contributed by atoms with Crippen molar-refractivity contribution in [1.29, 1.82) is 0 Å². The van der Waals surface area contributed by atoms with Crippen molar-refractivity contribution < 1.29 is 22.7 Å². The molecule has 1 rings (SSSR count). The first kappa shape index (κ1) is 12.8. The lowest BCUT2D eigenvalue weighted by atomic mass is 9.84. The molecule has 0 amide bonds. The van der Waals surface area contributed by atoms with Crippen molar-refractivity contribution in [1.82, 2.24) is 0 Å². The summed E-state index contributed by atoms with van der Waals surface area (Å²) in [5, 5.41) is 0. The van der Waals surface area contributed by atoms with E-state index in [4.69, 9.17) is 0 Å². The highest BCUT2D eigenvalue weighted by molar-refractivity contribution is 7.40. The molecule has 0 heterocycles. The quantitative estimate of drug-likeness (QED) is 0.709. The van der Waals surface area contributed by atoms with Crippen LogP contribution in [0.4, 0.5) is 8.78 Å². The second-order valence-electron chi connectivity index (χ2n) is 3.85. The van der Waals surface area contributed by atoms with Gasteiger partial charge in [-0.1, -0.05) is 0 Å². The van der Waals surface area contributed by atoms with Crippen LogP contribution in [0.3, 0.4) is 0 Å². The average Bonchev–Trinajstić information content (AvgIpc) is 2.17. The van der Waals surface area contributed by atoms with Crippen molar-refractivity contribution in [2.45, 2.75) is 31.6 Å². The normalized spacial score (nSPS) is 23.7. The fourth-order valence-corrected chi connectivity index (χ4v) is 2.44. The van der Waals surface area contributed by atoms with Crippen LogP contribution in [0.1, 0.15) is 25.7 Å². The number of hydrogen-bond acceptors (Lipinski definition) is 3. The van der Waals surface area contributed by atoms with Gasteiger partial charge >= 0.3 is 0 Å². The van der Waals surface area contributed by atoms with Crippen LogP contribution in [0, 0.1) is 5.92 Å². The Balaban J connectivity index is 2.40. The first-order valence-electron chi connectivity index (χ1n) is 4.92. The molecule has 0 bridgehead atoms. The molecule has 1 unspecified atom stereocenters. The highest BCUT2D eigenvalue weighted by Gasteiger charge is 2.37. The van der Waals surface area contributed by atoms with Crippen LogP contribution in [0.5, 0.6) is 0 Å². The van der Waals surface area contributed by atoms with Gasteiger partial charge in [0, 0.05) is 25.9 Å². The zero-order chi connectivity index (χ0) is 11.5. The fourth-order valence-electron chi connectivity index (χ4n) is 1.72. The second-order valence-corrected chi connectivity index (χ2v) is 5.36. The number of Topliss-reactive ketones (excluding diaryl/α,β-unsaturated/α-hetero) is 1. The number of carbonyl (C=O) groups excluding carboxylic acids is 1. The van der Waals surface area contributed by atoms with Gasteiger partial charge in [0.2, 0.25) is 5.92 Å². The minimum atomic E-state index is -2.62. The van der Waals surface area contributed by atoms with Crippen LogP contribution in [-0.4, -0.2) is 25.0 Å². The molecule has 0 spiro atoms. The lowest BCUT2D eigenvalue weighted by Gasteiger charge is -2.27. The Bertz CT molecular complexity index is 258. The molecule has 15 heavy (non-hydrogen) atoms. The van der Waals surface area contributed by atoms with Crippen LogP contribution in [0.15, 0.2) is 0 Å². The molecule has 0 N–H and O–H groups in total. The molecule has 0 aromatic rings. The van der Waals surface area contributed by atoms with Gasteiger partial charge in [-0.2, -0.15) is 0 Å². The molecular formula is C9H15F2O3P. The number of carbonyl (C=O) groups is 1. The maximum Gasteiger partial charge on any atom is 0.248 e. The molecule has 0 saturated heterocycles. The summed E-state index contributed by atoms with van der Waals surface area (Å²) in [4.78, 5) is 11.5. The van der Waals surface area contributed by atoms with Crippen molar-refractivity contribution in [3.05, 3.63) is 0 Å². The molecule has 1 fully saturated rings. The molecule has 0 aromatic heterocycles. The summed E-state index contributed by atoms with van der Waals surface area (Å²) in [7, 11) is -1.01. The van der Waals surface area contributed by atoms with Crippen LogP contribution in [0.2, 0.25) is 0 Å². The van der Waals surface area contributed by atoms with E-state index < -0.39 is 14.0 Å². The Labute approximate surface area is 88.1 Å². The summed E-state index contributed by atoms with van der Waals surface area (Å²) >= 11 is 0. The van der Waals surface area contributed by atoms with Gasteiger partial charge in [0.15, 0.2) is 8.03 Å². The number of rotatable bonds is 4. The van der Waals surface area contributed by atoms with Crippen molar-refractivity contribution in [3.63, 3.8) is 0 Å². The lowest BCUT2D eigenvalue weighted by Crippen LogP contribution is -2.29. The molecule has 0 aliphatic heterocycles. The van der Waals surface area contributed by atoms with Crippen LogP contribution < -0.4 is 0 Å². The van der Waals surface area contributed by atoms with E-state index in [9.17, 15) is 18.1 Å². The van der Waals surface area contributed by atoms with E-state index in [-0.39, 0.29) is 43.5 Å². The van der Waals surface area contributed by atoms with Gasteiger partial charge in [-0.3, -0.25) is 9.36 Å². The van der Waals surface area contributed by atoms with Gasteiger partial charge in [-0.15, -0.1) is 0 Å². The molecule has 1 aliphatic carbocycles. The van der Waals surface area contributed by atoms with E-state index in [0.717, 1.165) is 0 Å². The largest absolute Gasteiger partial charge is 0.334 e. The van der Waals surface area contributed by atoms with E-state index in [0.29, 0.717) is 0 Å². The summed E-state index contributed by atoms with van der Waals surface area (Å²) < 4.78 is 41.1. The number of alkyl halides is 2. The molecule has 0 radical (unpaired) electrons. The van der Waals surface area contributed by atoms with E-state index in [1.54, 1.807) is 0 Å². The number of halogens is 2. The summed E-state index contributed by atoms with van der Waals surface area (Å²) in [6.45, 7) is 0. The topological polar surface area (TPSA) is 43.4 Å². The molecule has 1 atom stereocenters. The summed E-state index contributed by atoms with van der Waals surface area (Å²) in [5.41, 5.74) is 0. The monoisotopic (exact) mass is 240 g/mol. The van der Waals surface area contributed by atoms with Crippen molar-refractivity contribution in [2.24, 2.45) is 5.92 Å². The maximum absolute atomic E-state index is 12.8. The zero-order valence-electron chi connectivity index (χ0n) is 8.59. The van der Waals surface area contributed by atoms with Crippen LogP contribution in [0.25, 0.3) is 0 Å². The highest BCUT2D eigenvalue weighted by atomic mass is 31.1. The summed E-state index contributed by atoms with van der Waals surface area (Å²) in [6.07, 6.45) is -0.193. The summed E-state index contributed by atoms with van der Waals surface area (Å²) in [5.74, 6) is -3.17. The molecule has 1 aliphatic rings. The Morgan fingerprint density at radius 2 is 2.00 bits per heavy atom. The van der Waals surface area contributed by atoms with Crippen molar-refractivity contribution >= 4 is 13.8 Å². The van der Waals surface area contributed by atoms with Gasteiger partial charge in [-0.25, -0.2) is 8.78 Å². The van der Waals surface area contributed by atoms with E-state index in [1.807, 2.05) is 0 Å². The highest BCUT2D eigenvalue weighted by Crippen LogP contribution is 2.37. The molecule has 1 saturated carbocycles. The predicted octanol–water partition coefficient (Wildman–Crippen LogP) is 2.50. The second kappa shape index (κ2) is 5.17. The molecule has 3 nitrogen and oxygen atoms in total.